The molecule has 162 valence electrons. The number of rotatable bonds is 11. The molecule has 2 amide bonds. The molecule has 0 aromatic heterocycles. The second-order valence-electron chi connectivity index (χ2n) is 7.45. The SMILES string of the molecule is CCCCNC(=O)[C@@H](C)N(Cc1ccc(Br)cc1)C(=O)CSCc1cccc(C)c1. The Bertz CT molecular complexity index is 826. The van der Waals surface area contributed by atoms with Crippen molar-refractivity contribution in [2.75, 3.05) is 12.3 Å². The van der Waals surface area contributed by atoms with Crippen molar-refractivity contribution in [1.29, 1.82) is 0 Å². The summed E-state index contributed by atoms with van der Waals surface area (Å²) in [6, 6.07) is 15.7. The molecule has 0 spiro atoms. The molecule has 2 aromatic carbocycles. The maximum atomic E-state index is 13.1. The molecule has 0 radical (unpaired) electrons. The van der Waals surface area contributed by atoms with E-state index in [1.165, 1.54) is 11.1 Å². The summed E-state index contributed by atoms with van der Waals surface area (Å²) in [5, 5.41) is 2.95. The molecule has 0 aliphatic rings. The standard InChI is InChI=1S/C24H31BrN2O2S/c1-4-5-13-26-24(29)19(3)27(15-20-9-11-22(25)12-10-20)23(28)17-30-16-21-8-6-7-18(2)14-21/h6-12,14,19H,4-5,13,15-17H2,1-3H3,(H,26,29)/t19-/m1/s1. The van der Waals surface area contributed by atoms with Crippen LogP contribution in [-0.4, -0.2) is 35.1 Å². The van der Waals surface area contributed by atoms with E-state index in [4.69, 9.17) is 0 Å². The van der Waals surface area contributed by atoms with Gasteiger partial charge in [-0.2, -0.15) is 0 Å². The van der Waals surface area contributed by atoms with Gasteiger partial charge in [-0.15, -0.1) is 11.8 Å². The number of hydrogen-bond acceptors (Lipinski definition) is 3. The number of carbonyl (C=O) groups is 2. The molecule has 0 saturated heterocycles. The number of aryl methyl sites for hydroxylation is 1. The van der Waals surface area contributed by atoms with Crippen LogP contribution in [0.1, 0.15) is 43.4 Å². The number of amides is 2. The number of carbonyl (C=O) groups excluding carboxylic acids is 2. The van der Waals surface area contributed by atoms with E-state index >= 15 is 0 Å². The normalized spacial score (nSPS) is 11.7. The summed E-state index contributed by atoms with van der Waals surface area (Å²) in [5.74, 6) is 1.000. The molecule has 1 N–H and O–H groups in total. The number of halogens is 1. The molecule has 0 heterocycles. The highest BCUT2D eigenvalue weighted by Crippen LogP contribution is 2.18. The Kier molecular flexibility index (Phi) is 10.4. The maximum absolute atomic E-state index is 13.1. The van der Waals surface area contributed by atoms with Crippen molar-refractivity contribution in [1.82, 2.24) is 10.2 Å². The molecule has 0 bridgehead atoms. The van der Waals surface area contributed by atoms with Crippen LogP contribution in [0.5, 0.6) is 0 Å². The fourth-order valence-corrected chi connectivity index (χ4v) is 4.17. The minimum atomic E-state index is -0.516. The monoisotopic (exact) mass is 490 g/mol. The predicted octanol–water partition coefficient (Wildman–Crippen LogP) is 5.32. The minimum Gasteiger partial charge on any atom is -0.354 e. The Morgan fingerprint density at radius 3 is 2.53 bits per heavy atom. The number of thioether (sulfide) groups is 1. The Morgan fingerprint density at radius 2 is 1.87 bits per heavy atom. The van der Waals surface area contributed by atoms with E-state index in [0.717, 1.165) is 28.6 Å². The Hall–Kier alpha value is -1.79. The molecule has 0 aliphatic carbocycles. The van der Waals surface area contributed by atoms with Gasteiger partial charge in [0, 0.05) is 23.3 Å². The Balaban J connectivity index is 2.03. The molecule has 2 rings (SSSR count). The van der Waals surface area contributed by atoms with Crippen molar-refractivity contribution in [3.8, 4) is 0 Å². The van der Waals surface area contributed by atoms with Gasteiger partial charge in [-0.3, -0.25) is 9.59 Å². The van der Waals surface area contributed by atoms with Gasteiger partial charge in [-0.1, -0.05) is 71.2 Å². The molecule has 2 aromatic rings. The number of nitrogens with one attached hydrogen (secondary N) is 1. The van der Waals surface area contributed by atoms with Crippen LogP contribution in [0, 0.1) is 6.92 Å². The molecule has 4 nitrogen and oxygen atoms in total. The lowest BCUT2D eigenvalue weighted by Crippen LogP contribution is -2.48. The van der Waals surface area contributed by atoms with Crippen molar-refractivity contribution >= 4 is 39.5 Å². The average molecular weight is 491 g/mol. The first-order chi connectivity index (χ1) is 14.4. The van der Waals surface area contributed by atoms with E-state index in [1.807, 2.05) is 37.3 Å². The van der Waals surface area contributed by atoms with E-state index in [1.54, 1.807) is 16.7 Å². The van der Waals surface area contributed by atoms with E-state index in [0.29, 0.717) is 18.8 Å². The second-order valence-corrected chi connectivity index (χ2v) is 9.35. The zero-order valence-electron chi connectivity index (χ0n) is 18.0. The van der Waals surface area contributed by atoms with E-state index in [-0.39, 0.29) is 11.8 Å². The molecular weight excluding hydrogens is 460 g/mol. The molecular formula is C24H31BrN2O2S. The zero-order valence-corrected chi connectivity index (χ0v) is 20.4. The van der Waals surface area contributed by atoms with E-state index in [9.17, 15) is 9.59 Å². The third kappa shape index (κ3) is 8.15. The summed E-state index contributed by atoms with van der Waals surface area (Å²) in [7, 11) is 0. The first-order valence-corrected chi connectivity index (χ1v) is 12.3. The van der Waals surface area contributed by atoms with Gasteiger partial charge in [0.15, 0.2) is 0 Å². The predicted molar refractivity (Wildman–Crippen MR) is 129 cm³/mol. The van der Waals surface area contributed by atoms with Gasteiger partial charge in [0.05, 0.1) is 5.75 Å². The summed E-state index contributed by atoms with van der Waals surface area (Å²) < 4.78 is 0.989. The fraction of sp³-hybridized carbons (Fsp3) is 0.417. The van der Waals surface area contributed by atoms with Crippen LogP contribution < -0.4 is 5.32 Å². The summed E-state index contributed by atoms with van der Waals surface area (Å²) in [6.07, 6.45) is 1.96. The van der Waals surface area contributed by atoms with Crippen LogP contribution in [0.3, 0.4) is 0 Å². The van der Waals surface area contributed by atoms with E-state index in [2.05, 4.69) is 53.3 Å². The van der Waals surface area contributed by atoms with Crippen LogP contribution in [0.4, 0.5) is 0 Å². The highest BCUT2D eigenvalue weighted by Gasteiger charge is 2.25. The van der Waals surface area contributed by atoms with E-state index < -0.39 is 6.04 Å². The summed E-state index contributed by atoms with van der Waals surface area (Å²) in [5.41, 5.74) is 3.43. The summed E-state index contributed by atoms with van der Waals surface area (Å²) in [4.78, 5) is 27.4. The van der Waals surface area contributed by atoms with Gasteiger partial charge >= 0.3 is 0 Å². The Morgan fingerprint density at radius 1 is 1.13 bits per heavy atom. The first kappa shape index (κ1) is 24.5. The minimum absolute atomic E-state index is 0.0197. The van der Waals surface area contributed by atoms with Crippen molar-refractivity contribution in [3.05, 3.63) is 69.7 Å². The smallest absolute Gasteiger partial charge is 0.242 e. The van der Waals surface area contributed by atoms with Crippen LogP contribution in [0.2, 0.25) is 0 Å². The lowest BCUT2D eigenvalue weighted by molar-refractivity contribution is -0.138. The van der Waals surface area contributed by atoms with Crippen molar-refractivity contribution in [2.24, 2.45) is 0 Å². The van der Waals surface area contributed by atoms with Crippen LogP contribution >= 0.6 is 27.7 Å². The quantitative estimate of drug-likeness (QED) is 0.433. The molecule has 0 aliphatic heterocycles. The van der Waals surface area contributed by atoms with Gasteiger partial charge < -0.3 is 10.2 Å². The van der Waals surface area contributed by atoms with Crippen molar-refractivity contribution in [2.45, 2.75) is 52.0 Å². The van der Waals surface area contributed by atoms with Crippen LogP contribution in [0.15, 0.2) is 53.0 Å². The van der Waals surface area contributed by atoms with Gasteiger partial charge in [-0.05, 0) is 43.5 Å². The average Bonchev–Trinajstić information content (AvgIpc) is 2.73. The maximum Gasteiger partial charge on any atom is 0.242 e. The number of unbranched alkanes of at least 4 members (excludes halogenated alkanes) is 1. The molecule has 1 atom stereocenters. The fourth-order valence-electron chi connectivity index (χ4n) is 3.05. The highest BCUT2D eigenvalue weighted by atomic mass is 79.9. The van der Waals surface area contributed by atoms with Gasteiger partial charge in [0.1, 0.15) is 6.04 Å². The molecule has 0 unspecified atom stereocenters. The third-order valence-corrected chi connectivity index (χ3v) is 6.36. The lowest BCUT2D eigenvalue weighted by atomic mass is 10.1. The van der Waals surface area contributed by atoms with Gasteiger partial charge in [-0.25, -0.2) is 0 Å². The van der Waals surface area contributed by atoms with Crippen LogP contribution in [-0.2, 0) is 21.9 Å². The van der Waals surface area contributed by atoms with Gasteiger partial charge in [0.2, 0.25) is 11.8 Å². The molecule has 0 saturated carbocycles. The number of hydrogen-bond donors (Lipinski definition) is 1. The molecule has 30 heavy (non-hydrogen) atoms. The lowest BCUT2D eigenvalue weighted by Gasteiger charge is -2.29. The first-order valence-electron chi connectivity index (χ1n) is 10.4. The number of nitrogens with zero attached hydrogens (tertiary/aromatic N) is 1. The Labute approximate surface area is 192 Å². The summed E-state index contributed by atoms with van der Waals surface area (Å²) in [6.45, 7) is 7.02. The third-order valence-electron chi connectivity index (χ3n) is 4.84. The second kappa shape index (κ2) is 12.8. The van der Waals surface area contributed by atoms with Crippen molar-refractivity contribution in [3.63, 3.8) is 0 Å². The van der Waals surface area contributed by atoms with Crippen molar-refractivity contribution < 1.29 is 9.59 Å². The zero-order chi connectivity index (χ0) is 21.9. The topological polar surface area (TPSA) is 49.4 Å². The van der Waals surface area contributed by atoms with Gasteiger partial charge in [0.25, 0.3) is 0 Å². The number of benzene rings is 2. The summed E-state index contributed by atoms with van der Waals surface area (Å²) >= 11 is 5.03. The molecule has 0 fully saturated rings. The largest absolute Gasteiger partial charge is 0.354 e. The van der Waals surface area contributed by atoms with Crippen LogP contribution in [0.25, 0.3) is 0 Å². The molecule has 6 heteroatoms. The highest BCUT2D eigenvalue weighted by molar-refractivity contribution is 9.10.